The zero-order valence-corrected chi connectivity index (χ0v) is 14.6. The number of rotatable bonds is 5. The number of anilines is 1. The van der Waals surface area contributed by atoms with Crippen molar-refractivity contribution in [2.24, 2.45) is 0 Å². The second-order valence-electron chi connectivity index (χ2n) is 6.07. The van der Waals surface area contributed by atoms with E-state index in [0.717, 1.165) is 37.8 Å². The fourth-order valence-electron chi connectivity index (χ4n) is 3.03. The summed E-state index contributed by atoms with van der Waals surface area (Å²) in [5.41, 5.74) is 2.20. The predicted octanol–water partition coefficient (Wildman–Crippen LogP) is 2.46. The van der Waals surface area contributed by atoms with E-state index in [-0.39, 0.29) is 0 Å². The van der Waals surface area contributed by atoms with Gasteiger partial charge in [0.25, 0.3) is 0 Å². The molecule has 0 spiro atoms. The van der Waals surface area contributed by atoms with Gasteiger partial charge in [-0.15, -0.1) is 0 Å². The molecule has 24 heavy (non-hydrogen) atoms. The predicted molar refractivity (Wildman–Crippen MR) is 94.4 cm³/mol. The number of ether oxygens (including phenoxy) is 1. The first kappa shape index (κ1) is 16.6. The fraction of sp³-hybridized carbons (Fsp3) is 0.500. The van der Waals surface area contributed by atoms with Gasteiger partial charge in [-0.05, 0) is 32.4 Å². The van der Waals surface area contributed by atoms with E-state index in [2.05, 4.69) is 37.7 Å². The van der Waals surface area contributed by atoms with Gasteiger partial charge < -0.3 is 9.64 Å². The van der Waals surface area contributed by atoms with Crippen molar-refractivity contribution < 1.29 is 4.74 Å². The molecule has 0 N–H and O–H groups in total. The Balaban J connectivity index is 1.65. The molecule has 2 aromatic rings. The van der Waals surface area contributed by atoms with Crippen LogP contribution in [0.2, 0.25) is 0 Å². The van der Waals surface area contributed by atoms with Crippen molar-refractivity contribution in [3.05, 3.63) is 41.9 Å². The van der Waals surface area contributed by atoms with Crippen LogP contribution >= 0.6 is 0 Å². The Kier molecular flexibility index (Phi) is 5.25. The maximum absolute atomic E-state index is 5.54. The van der Waals surface area contributed by atoms with Gasteiger partial charge in [0, 0.05) is 56.4 Å². The Hall–Kier alpha value is -2.21. The fourth-order valence-corrected chi connectivity index (χ4v) is 3.03. The first-order valence-corrected chi connectivity index (χ1v) is 8.54. The van der Waals surface area contributed by atoms with Gasteiger partial charge in [-0.2, -0.15) is 4.98 Å². The third-order valence-electron chi connectivity index (χ3n) is 4.42. The minimum atomic E-state index is 0.373. The maximum Gasteiger partial charge on any atom is 0.228 e. The van der Waals surface area contributed by atoms with E-state index in [0.29, 0.717) is 18.5 Å². The third kappa shape index (κ3) is 3.82. The van der Waals surface area contributed by atoms with Crippen molar-refractivity contribution in [3.8, 4) is 5.88 Å². The zero-order chi connectivity index (χ0) is 16.9. The van der Waals surface area contributed by atoms with Crippen molar-refractivity contribution in [1.29, 1.82) is 0 Å². The summed E-state index contributed by atoms with van der Waals surface area (Å²) in [7, 11) is 0. The number of hydrogen-bond acceptors (Lipinski definition) is 6. The van der Waals surface area contributed by atoms with Crippen LogP contribution in [0.15, 0.2) is 30.6 Å². The molecule has 1 fully saturated rings. The lowest BCUT2D eigenvalue weighted by Gasteiger charge is -2.38. The molecule has 0 unspecified atom stereocenters. The summed E-state index contributed by atoms with van der Waals surface area (Å²) in [6.45, 7) is 10.6. The van der Waals surface area contributed by atoms with Crippen LogP contribution in [0.3, 0.4) is 0 Å². The number of pyridine rings is 1. The first-order valence-electron chi connectivity index (χ1n) is 8.54. The first-order chi connectivity index (χ1) is 11.7. The molecule has 1 aliphatic rings. The highest BCUT2D eigenvalue weighted by molar-refractivity contribution is 5.35. The highest BCUT2D eigenvalue weighted by Gasteiger charge is 2.24. The molecule has 2 aromatic heterocycles. The number of piperazine rings is 1. The Labute approximate surface area is 143 Å². The number of nitrogens with zero attached hydrogens (tertiary/aromatic N) is 5. The molecule has 0 amide bonds. The molecule has 3 heterocycles. The zero-order valence-electron chi connectivity index (χ0n) is 14.6. The molecule has 0 aromatic carbocycles. The highest BCUT2D eigenvalue weighted by Crippen LogP contribution is 2.23. The summed E-state index contributed by atoms with van der Waals surface area (Å²) in [5.74, 6) is 1.43. The van der Waals surface area contributed by atoms with Gasteiger partial charge in [-0.25, -0.2) is 4.98 Å². The number of hydrogen-bond donors (Lipinski definition) is 0. The van der Waals surface area contributed by atoms with Crippen LogP contribution in [0, 0.1) is 6.92 Å². The average molecular weight is 327 g/mol. The van der Waals surface area contributed by atoms with E-state index in [9.17, 15) is 0 Å². The summed E-state index contributed by atoms with van der Waals surface area (Å²) in [5, 5.41) is 0. The van der Waals surface area contributed by atoms with E-state index in [1.165, 1.54) is 5.56 Å². The molecule has 0 bridgehead atoms. The van der Waals surface area contributed by atoms with Crippen LogP contribution in [0.5, 0.6) is 5.88 Å². The minimum Gasteiger partial charge on any atom is -0.478 e. The van der Waals surface area contributed by atoms with Gasteiger partial charge in [-0.1, -0.05) is 6.07 Å². The maximum atomic E-state index is 5.54. The quantitative estimate of drug-likeness (QED) is 0.841. The molecule has 6 heteroatoms. The van der Waals surface area contributed by atoms with E-state index < -0.39 is 0 Å². The van der Waals surface area contributed by atoms with E-state index >= 15 is 0 Å². The number of aromatic nitrogens is 3. The van der Waals surface area contributed by atoms with Crippen LogP contribution in [-0.2, 0) is 0 Å². The lowest BCUT2D eigenvalue weighted by atomic mass is 10.1. The largest absolute Gasteiger partial charge is 0.478 e. The Bertz CT molecular complexity index is 656. The lowest BCUT2D eigenvalue weighted by Crippen LogP contribution is -2.47. The summed E-state index contributed by atoms with van der Waals surface area (Å²) in [6, 6.07) is 6.39. The lowest BCUT2D eigenvalue weighted by molar-refractivity contribution is 0.197. The van der Waals surface area contributed by atoms with Crippen molar-refractivity contribution in [3.63, 3.8) is 0 Å². The van der Waals surface area contributed by atoms with E-state index in [1.54, 1.807) is 0 Å². The molecule has 1 aliphatic heterocycles. The Morgan fingerprint density at radius 3 is 2.67 bits per heavy atom. The summed E-state index contributed by atoms with van der Waals surface area (Å²) in [6.07, 6.45) is 3.77. The average Bonchev–Trinajstić information content (AvgIpc) is 2.62. The monoisotopic (exact) mass is 327 g/mol. The van der Waals surface area contributed by atoms with Crippen molar-refractivity contribution >= 4 is 5.95 Å². The summed E-state index contributed by atoms with van der Waals surface area (Å²) >= 11 is 0. The van der Waals surface area contributed by atoms with Crippen LogP contribution < -0.4 is 9.64 Å². The summed E-state index contributed by atoms with van der Waals surface area (Å²) < 4.78 is 5.54. The molecule has 0 aliphatic carbocycles. The smallest absolute Gasteiger partial charge is 0.228 e. The van der Waals surface area contributed by atoms with Gasteiger partial charge >= 0.3 is 0 Å². The molecule has 6 nitrogen and oxygen atoms in total. The van der Waals surface area contributed by atoms with Crippen molar-refractivity contribution in [2.45, 2.75) is 26.8 Å². The molecule has 128 valence electrons. The van der Waals surface area contributed by atoms with Crippen LogP contribution in [0.1, 0.15) is 31.1 Å². The van der Waals surface area contributed by atoms with Crippen LogP contribution in [0.25, 0.3) is 0 Å². The van der Waals surface area contributed by atoms with Gasteiger partial charge in [0.1, 0.15) is 0 Å². The third-order valence-corrected chi connectivity index (χ3v) is 4.42. The molecule has 0 saturated carbocycles. The number of aryl methyl sites for hydroxylation is 1. The Morgan fingerprint density at radius 1 is 1.21 bits per heavy atom. The van der Waals surface area contributed by atoms with Crippen LogP contribution in [0.4, 0.5) is 5.95 Å². The Morgan fingerprint density at radius 2 is 2.00 bits per heavy atom. The van der Waals surface area contributed by atoms with Gasteiger partial charge in [0.05, 0.1) is 6.61 Å². The molecular formula is C18H25N5O. The summed E-state index contributed by atoms with van der Waals surface area (Å²) in [4.78, 5) is 18.1. The highest BCUT2D eigenvalue weighted by atomic mass is 16.5. The van der Waals surface area contributed by atoms with Gasteiger partial charge in [0.2, 0.25) is 11.8 Å². The van der Waals surface area contributed by atoms with Gasteiger partial charge in [0.15, 0.2) is 0 Å². The molecule has 1 saturated heterocycles. The molecule has 1 atom stereocenters. The SMILES string of the molecule is CCOc1cc(C)nc(N2CCN([C@@H](C)c3cccnc3)CC2)n1. The minimum absolute atomic E-state index is 0.373. The van der Waals surface area contributed by atoms with E-state index in [1.807, 2.05) is 38.4 Å². The standard InChI is InChI=1S/C18H25N5O/c1-4-24-17-12-14(2)20-18(21-17)23-10-8-22(9-11-23)15(3)16-6-5-7-19-13-16/h5-7,12-13,15H,4,8-11H2,1-3H3/t15-/m0/s1. The molecule has 3 rings (SSSR count). The van der Waals surface area contributed by atoms with E-state index in [4.69, 9.17) is 4.74 Å². The molecular weight excluding hydrogens is 302 g/mol. The van der Waals surface area contributed by atoms with Crippen molar-refractivity contribution in [2.75, 3.05) is 37.7 Å². The van der Waals surface area contributed by atoms with Crippen LogP contribution in [-0.4, -0.2) is 52.6 Å². The second-order valence-corrected chi connectivity index (χ2v) is 6.07. The van der Waals surface area contributed by atoms with Crippen molar-refractivity contribution in [1.82, 2.24) is 19.9 Å². The van der Waals surface area contributed by atoms with Gasteiger partial charge in [-0.3, -0.25) is 9.88 Å². The molecule has 0 radical (unpaired) electrons. The normalized spacial score (nSPS) is 16.9. The topological polar surface area (TPSA) is 54.4 Å². The second kappa shape index (κ2) is 7.57.